The topological polar surface area (TPSA) is 69.3 Å². The highest BCUT2D eigenvalue weighted by Crippen LogP contribution is 2.28. The Morgan fingerprint density at radius 3 is 2.80 bits per heavy atom. The third kappa shape index (κ3) is 2.86. The Morgan fingerprint density at radius 2 is 2.20 bits per heavy atom. The zero-order valence-electron chi connectivity index (χ0n) is 12.1. The van der Waals surface area contributed by atoms with Crippen LogP contribution in [0.2, 0.25) is 0 Å². The maximum absolute atomic E-state index is 12.8. The van der Waals surface area contributed by atoms with Crippen molar-refractivity contribution in [3.8, 4) is 0 Å². The Labute approximate surface area is 125 Å². The number of nitrogens with zero attached hydrogens (tertiary/aromatic N) is 3. The van der Waals surface area contributed by atoms with E-state index in [9.17, 15) is 8.42 Å². The second-order valence-corrected chi connectivity index (χ2v) is 7.51. The first kappa shape index (κ1) is 15.8. The molecule has 0 amide bonds. The van der Waals surface area contributed by atoms with Crippen molar-refractivity contribution in [2.45, 2.75) is 36.7 Å². The highest BCUT2D eigenvalue weighted by molar-refractivity contribution is 7.89. The molecule has 1 saturated heterocycles. The summed E-state index contributed by atoms with van der Waals surface area (Å²) >= 11 is 5.86. The van der Waals surface area contributed by atoms with Crippen LogP contribution >= 0.6 is 11.6 Å². The molecule has 0 saturated carbocycles. The molecule has 2 heterocycles. The van der Waals surface area contributed by atoms with Gasteiger partial charge in [0.1, 0.15) is 0 Å². The summed E-state index contributed by atoms with van der Waals surface area (Å²) in [4.78, 5) is 2.01. The Morgan fingerprint density at radius 1 is 1.50 bits per heavy atom. The van der Waals surface area contributed by atoms with Crippen molar-refractivity contribution in [3.63, 3.8) is 0 Å². The van der Waals surface area contributed by atoms with Crippen molar-refractivity contribution >= 4 is 21.6 Å². The van der Waals surface area contributed by atoms with Gasteiger partial charge in [-0.3, -0.25) is 5.10 Å². The number of H-pyrrole nitrogens is 1. The molecule has 1 unspecified atom stereocenters. The normalized spacial score (nSPS) is 20.9. The standard InChI is InChI=1S/C12H21ClN4O2S/c1-9-11(7-13)12(15-14-9)20(18,19)17-6-4-5-10(17)8-16(2)3/h10H,4-8H2,1-3H3,(H,14,15). The Balaban J connectivity index is 2.34. The van der Waals surface area contributed by atoms with E-state index in [0.717, 1.165) is 19.4 Å². The summed E-state index contributed by atoms with van der Waals surface area (Å²) in [5, 5.41) is 6.77. The van der Waals surface area contributed by atoms with Crippen LogP contribution in [0.5, 0.6) is 0 Å². The number of rotatable bonds is 5. The highest BCUT2D eigenvalue weighted by atomic mass is 35.5. The first-order valence-corrected chi connectivity index (χ1v) is 8.61. The molecule has 0 spiro atoms. The van der Waals surface area contributed by atoms with Gasteiger partial charge in [0.25, 0.3) is 10.0 Å². The molecule has 6 nitrogen and oxygen atoms in total. The van der Waals surface area contributed by atoms with Crippen molar-refractivity contribution < 1.29 is 8.42 Å². The highest BCUT2D eigenvalue weighted by Gasteiger charge is 2.38. The van der Waals surface area contributed by atoms with Gasteiger partial charge in [-0.1, -0.05) is 0 Å². The number of nitrogens with one attached hydrogen (secondary N) is 1. The number of hydrogen-bond acceptors (Lipinski definition) is 4. The molecule has 1 aliphatic heterocycles. The van der Waals surface area contributed by atoms with Crippen molar-refractivity contribution in [1.29, 1.82) is 0 Å². The molecule has 1 aliphatic rings. The van der Waals surface area contributed by atoms with Crippen LogP contribution in [0.3, 0.4) is 0 Å². The maximum atomic E-state index is 12.8. The third-order valence-corrected chi connectivity index (χ3v) is 5.81. The minimum atomic E-state index is -3.58. The van der Waals surface area contributed by atoms with E-state index in [1.54, 1.807) is 11.2 Å². The average molecular weight is 321 g/mol. The van der Waals surface area contributed by atoms with Gasteiger partial charge in [-0.2, -0.15) is 9.40 Å². The smallest absolute Gasteiger partial charge is 0.263 e. The van der Waals surface area contributed by atoms with E-state index in [1.807, 2.05) is 19.0 Å². The lowest BCUT2D eigenvalue weighted by Crippen LogP contribution is -2.41. The number of halogens is 1. The van der Waals surface area contributed by atoms with Crippen LogP contribution in [0.4, 0.5) is 0 Å². The van der Waals surface area contributed by atoms with Gasteiger partial charge in [-0.25, -0.2) is 8.42 Å². The molecule has 1 aromatic rings. The minimum Gasteiger partial charge on any atom is -0.308 e. The van der Waals surface area contributed by atoms with Gasteiger partial charge < -0.3 is 4.90 Å². The molecule has 8 heteroatoms. The maximum Gasteiger partial charge on any atom is 0.263 e. The summed E-state index contributed by atoms with van der Waals surface area (Å²) in [5.74, 6) is 0.142. The van der Waals surface area contributed by atoms with Gasteiger partial charge in [0.2, 0.25) is 0 Å². The second kappa shape index (κ2) is 6.01. The molecule has 1 aromatic heterocycles. The lowest BCUT2D eigenvalue weighted by atomic mass is 10.2. The van der Waals surface area contributed by atoms with Crippen molar-refractivity contribution in [2.75, 3.05) is 27.2 Å². The molecule has 1 N–H and O–H groups in total. The molecule has 20 heavy (non-hydrogen) atoms. The number of aryl methyl sites for hydroxylation is 1. The van der Waals surface area contributed by atoms with E-state index in [-0.39, 0.29) is 16.9 Å². The van der Waals surface area contributed by atoms with Crippen LogP contribution in [-0.2, 0) is 15.9 Å². The third-order valence-electron chi connectivity index (χ3n) is 3.62. The lowest BCUT2D eigenvalue weighted by molar-refractivity contribution is 0.290. The van der Waals surface area contributed by atoms with Gasteiger partial charge in [0.15, 0.2) is 5.03 Å². The first-order chi connectivity index (χ1) is 9.37. The predicted molar refractivity (Wildman–Crippen MR) is 78.3 cm³/mol. The first-order valence-electron chi connectivity index (χ1n) is 6.64. The number of likely N-dealkylation sites (N-methyl/N-ethyl adjacent to an activating group) is 1. The van der Waals surface area contributed by atoms with Gasteiger partial charge in [-0.05, 0) is 33.9 Å². The summed E-state index contributed by atoms with van der Waals surface area (Å²) in [6, 6.07) is 0.00943. The molecule has 0 aliphatic carbocycles. The monoisotopic (exact) mass is 320 g/mol. The summed E-state index contributed by atoms with van der Waals surface area (Å²) in [6.45, 7) is 3.05. The fourth-order valence-corrected chi connectivity index (χ4v) is 4.90. The van der Waals surface area contributed by atoms with E-state index < -0.39 is 10.0 Å². The number of hydrogen-bond donors (Lipinski definition) is 1. The van der Waals surface area contributed by atoms with Gasteiger partial charge >= 0.3 is 0 Å². The van der Waals surface area contributed by atoms with E-state index >= 15 is 0 Å². The SMILES string of the molecule is Cc1[nH]nc(S(=O)(=O)N2CCCC2CN(C)C)c1CCl. The zero-order valence-corrected chi connectivity index (χ0v) is 13.6. The van der Waals surface area contributed by atoms with Crippen molar-refractivity contribution in [2.24, 2.45) is 0 Å². The minimum absolute atomic E-state index is 0.00943. The Kier molecular flexibility index (Phi) is 4.73. The largest absolute Gasteiger partial charge is 0.308 e. The second-order valence-electron chi connectivity index (χ2n) is 5.44. The molecule has 0 radical (unpaired) electrons. The molecule has 1 atom stereocenters. The summed E-state index contributed by atoms with van der Waals surface area (Å²) in [7, 11) is 0.325. The molecular weight excluding hydrogens is 300 g/mol. The van der Waals surface area contributed by atoms with E-state index in [0.29, 0.717) is 17.8 Å². The van der Waals surface area contributed by atoms with Crippen LogP contribution in [0.25, 0.3) is 0 Å². The molecular formula is C12H21ClN4O2S. The van der Waals surface area contributed by atoms with Gasteiger partial charge in [0, 0.05) is 30.4 Å². The summed E-state index contributed by atoms with van der Waals surface area (Å²) < 4.78 is 27.1. The van der Waals surface area contributed by atoms with Crippen LogP contribution in [0, 0.1) is 6.92 Å². The zero-order chi connectivity index (χ0) is 14.9. The van der Waals surface area contributed by atoms with E-state index in [4.69, 9.17) is 11.6 Å². The number of aromatic nitrogens is 2. The van der Waals surface area contributed by atoms with E-state index in [1.165, 1.54) is 0 Å². The summed E-state index contributed by atoms with van der Waals surface area (Å²) in [5.41, 5.74) is 1.28. The van der Waals surface area contributed by atoms with Crippen LogP contribution in [0.15, 0.2) is 5.03 Å². The van der Waals surface area contributed by atoms with Crippen molar-refractivity contribution in [3.05, 3.63) is 11.3 Å². The fraction of sp³-hybridized carbons (Fsp3) is 0.750. The molecule has 2 rings (SSSR count). The predicted octanol–water partition coefficient (Wildman–Crippen LogP) is 1.17. The molecule has 114 valence electrons. The fourth-order valence-electron chi connectivity index (χ4n) is 2.64. The Hall–Kier alpha value is -0.630. The lowest BCUT2D eigenvalue weighted by Gasteiger charge is -2.25. The molecule has 1 fully saturated rings. The quantitative estimate of drug-likeness (QED) is 0.827. The van der Waals surface area contributed by atoms with Crippen molar-refractivity contribution in [1.82, 2.24) is 19.4 Å². The average Bonchev–Trinajstić information content (AvgIpc) is 2.95. The summed E-state index contributed by atoms with van der Waals surface area (Å²) in [6.07, 6.45) is 1.77. The van der Waals surface area contributed by atoms with Gasteiger partial charge in [-0.15, -0.1) is 11.6 Å². The number of alkyl halides is 1. The number of aromatic amines is 1. The molecule has 0 bridgehead atoms. The Bertz CT molecular complexity index is 570. The van der Waals surface area contributed by atoms with Gasteiger partial charge in [0.05, 0.1) is 5.88 Å². The molecule has 0 aromatic carbocycles. The number of sulfonamides is 1. The van der Waals surface area contributed by atoms with Crippen LogP contribution in [-0.4, -0.2) is 61.0 Å². The van der Waals surface area contributed by atoms with Crippen LogP contribution in [0.1, 0.15) is 24.1 Å². The van der Waals surface area contributed by atoms with Crippen LogP contribution < -0.4 is 0 Å². The van der Waals surface area contributed by atoms with E-state index in [2.05, 4.69) is 10.2 Å².